The summed E-state index contributed by atoms with van der Waals surface area (Å²) in [5.74, 6) is 4.91. The number of amides is 1. The summed E-state index contributed by atoms with van der Waals surface area (Å²) in [6, 6.07) is 9.50. The van der Waals surface area contributed by atoms with E-state index in [4.69, 9.17) is 5.84 Å². The summed E-state index contributed by atoms with van der Waals surface area (Å²) in [4.78, 5) is 11.6. The number of hydrazine groups is 1. The predicted octanol–water partition coefficient (Wildman–Crippen LogP) is 0.523. The van der Waals surface area contributed by atoms with Crippen LogP contribution in [0.3, 0.4) is 0 Å². The minimum atomic E-state index is -0.321. The third-order valence-electron chi connectivity index (χ3n) is 2.49. The molecule has 8 heteroatoms. The molecule has 7 nitrogen and oxygen atoms in total. The SMILES string of the molecule is CCC(Sc1nnnn1-c1ccccc1)C(=O)NN. The van der Waals surface area contributed by atoms with Gasteiger partial charge in [0.2, 0.25) is 11.1 Å². The second-order valence-electron chi connectivity index (χ2n) is 3.73. The van der Waals surface area contributed by atoms with Crippen LogP contribution in [0.1, 0.15) is 13.3 Å². The highest BCUT2D eigenvalue weighted by Gasteiger charge is 2.20. The third-order valence-corrected chi connectivity index (χ3v) is 3.79. The molecule has 1 heterocycles. The number of thioether (sulfide) groups is 1. The first kappa shape index (κ1) is 13.5. The number of carbonyl (C=O) groups excluding carboxylic acids is 1. The number of tetrazole rings is 1. The molecule has 1 amide bonds. The summed E-state index contributed by atoms with van der Waals surface area (Å²) in [7, 11) is 0. The molecule has 0 aliphatic heterocycles. The molecule has 0 bridgehead atoms. The highest BCUT2D eigenvalue weighted by atomic mass is 32.2. The lowest BCUT2D eigenvalue weighted by atomic mass is 10.3. The fraction of sp³-hybridized carbons (Fsp3) is 0.273. The highest BCUT2D eigenvalue weighted by Crippen LogP contribution is 2.24. The van der Waals surface area contributed by atoms with Crippen LogP contribution in [0.4, 0.5) is 0 Å². The van der Waals surface area contributed by atoms with Crippen LogP contribution in [0.15, 0.2) is 35.5 Å². The average molecular weight is 278 g/mol. The number of para-hydroxylation sites is 1. The van der Waals surface area contributed by atoms with Gasteiger partial charge >= 0.3 is 0 Å². The molecule has 0 saturated heterocycles. The molecule has 0 aliphatic carbocycles. The van der Waals surface area contributed by atoms with E-state index in [1.807, 2.05) is 37.3 Å². The fourth-order valence-corrected chi connectivity index (χ4v) is 2.45. The van der Waals surface area contributed by atoms with Crippen molar-refractivity contribution in [3.63, 3.8) is 0 Å². The first-order valence-electron chi connectivity index (χ1n) is 5.77. The molecule has 0 spiro atoms. The fourth-order valence-electron chi connectivity index (χ4n) is 1.53. The lowest BCUT2D eigenvalue weighted by Gasteiger charge is -2.11. The van der Waals surface area contributed by atoms with E-state index in [-0.39, 0.29) is 11.2 Å². The van der Waals surface area contributed by atoms with E-state index in [9.17, 15) is 4.79 Å². The van der Waals surface area contributed by atoms with E-state index in [0.29, 0.717) is 11.6 Å². The Morgan fingerprint density at radius 1 is 1.47 bits per heavy atom. The maximum absolute atomic E-state index is 11.6. The van der Waals surface area contributed by atoms with Gasteiger partial charge in [0.1, 0.15) is 0 Å². The molecular weight excluding hydrogens is 264 g/mol. The van der Waals surface area contributed by atoms with Crippen molar-refractivity contribution in [1.29, 1.82) is 0 Å². The molecule has 1 aromatic carbocycles. The van der Waals surface area contributed by atoms with Gasteiger partial charge in [-0.3, -0.25) is 10.2 Å². The Bertz CT molecular complexity index is 543. The molecule has 100 valence electrons. The van der Waals surface area contributed by atoms with Gasteiger partial charge in [0.25, 0.3) is 0 Å². The second kappa shape index (κ2) is 6.30. The Labute approximate surface area is 114 Å². The number of rotatable bonds is 5. The van der Waals surface area contributed by atoms with E-state index in [1.54, 1.807) is 4.68 Å². The smallest absolute Gasteiger partial charge is 0.247 e. The molecule has 0 fully saturated rings. The number of nitrogens with two attached hydrogens (primary N) is 1. The van der Waals surface area contributed by atoms with Gasteiger partial charge in [-0.2, -0.15) is 4.68 Å². The lowest BCUT2D eigenvalue weighted by Crippen LogP contribution is -2.37. The highest BCUT2D eigenvalue weighted by molar-refractivity contribution is 8.00. The zero-order valence-electron chi connectivity index (χ0n) is 10.4. The molecular formula is C11H14N6OS. The van der Waals surface area contributed by atoms with Crippen molar-refractivity contribution in [1.82, 2.24) is 25.6 Å². The van der Waals surface area contributed by atoms with E-state index in [1.165, 1.54) is 11.8 Å². The number of nitrogens with zero attached hydrogens (tertiary/aromatic N) is 4. The average Bonchev–Trinajstić information content (AvgIpc) is 2.93. The molecule has 2 aromatic rings. The first-order valence-corrected chi connectivity index (χ1v) is 6.65. The molecule has 19 heavy (non-hydrogen) atoms. The van der Waals surface area contributed by atoms with E-state index in [2.05, 4.69) is 21.0 Å². The Morgan fingerprint density at radius 3 is 2.84 bits per heavy atom. The van der Waals surface area contributed by atoms with E-state index >= 15 is 0 Å². The van der Waals surface area contributed by atoms with Crippen LogP contribution >= 0.6 is 11.8 Å². The molecule has 0 aliphatic rings. The predicted molar refractivity (Wildman–Crippen MR) is 71.4 cm³/mol. The van der Waals surface area contributed by atoms with E-state index in [0.717, 1.165) is 5.69 Å². The van der Waals surface area contributed by atoms with Crippen molar-refractivity contribution in [2.24, 2.45) is 5.84 Å². The number of nitrogens with one attached hydrogen (secondary N) is 1. The maximum atomic E-state index is 11.6. The minimum absolute atomic E-state index is 0.241. The van der Waals surface area contributed by atoms with Crippen molar-refractivity contribution < 1.29 is 4.79 Å². The van der Waals surface area contributed by atoms with Gasteiger partial charge in [-0.15, -0.1) is 5.10 Å². The number of aromatic nitrogens is 4. The maximum Gasteiger partial charge on any atom is 0.247 e. The molecule has 2 rings (SSSR count). The van der Waals surface area contributed by atoms with Gasteiger partial charge in [0.15, 0.2) is 0 Å². The Morgan fingerprint density at radius 2 is 2.21 bits per heavy atom. The van der Waals surface area contributed by atoms with Gasteiger partial charge < -0.3 is 0 Å². The van der Waals surface area contributed by atoms with E-state index < -0.39 is 0 Å². The number of carbonyl (C=O) groups is 1. The van der Waals surface area contributed by atoms with Crippen molar-refractivity contribution in [3.8, 4) is 5.69 Å². The van der Waals surface area contributed by atoms with Crippen LogP contribution in [0, 0.1) is 0 Å². The zero-order valence-corrected chi connectivity index (χ0v) is 11.2. The molecule has 1 unspecified atom stereocenters. The van der Waals surface area contributed by atoms with Gasteiger partial charge in [0, 0.05) is 0 Å². The molecule has 0 saturated carbocycles. The summed E-state index contributed by atoms with van der Waals surface area (Å²) in [5, 5.41) is 11.8. The van der Waals surface area contributed by atoms with Crippen molar-refractivity contribution >= 4 is 17.7 Å². The largest absolute Gasteiger partial charge is 0.293 e. The Hall–Kier alpha value is -1.93. The molecule has 3 N–H and O–H groups in total. The van der Waals surface area contributed by atoms with Crippen LogP contribution < -0.4 is 11.3 Å². The van der Waals surface area contributed by atoms with Gasteiger partial charge in [-0.1, -0.05) is 36.9 Å². The molecule has 0 radical (unpaired) electrons. The normalized spacial score (nSPS) is 12.1. The quantitative estimate of drug-likeness (QED) is 0.358. The standard InChI is InChI=1S/C11H14N6OS/c1-2-9(10(18)13-12)19-11-14-15-16-17(11)8-6-4-3-5-7-8/h3-7,9H,2,12H2,1H3,(H,13,18). The van der Waals surface area contributed by atoms with Crippen LogP contribution in [-0.4, -0.2) is 31.4 Å². The van der Waals surface area contributed by atoms with Crippen LogP contribution in [0.5, 0.6) is 0 Å². The Kier molecular flexibility index (Phi) is 4.48. The van der Waals surface area contributed by atoms with Gasteiger partial charge in [-0.05, 0) is 29.0 Å². The monoisotopic (exact) mass is 278 g/mol. The van der Waals surface area contributed by atoms with Gasteiger partial charge in [0.05, 0.1) is 10.9 Å². The van der Waals surface area contributed by atoms with Crippen molar-refractivity contribution in [2.75, 3.05) is 0 Å². The molecule has 1 atom stereocenters. The number of hydrogen-bond donors (Lipinski definition) is 2. The lowest BCUT2D eigenvalue weighted by molar-refractivity contribution is -0.120. The summed E-state index contributed by atoms with van der Waals surface area (Å²) in [5.41, 5.74) is 3.00. The topological polar surface area (TPSA) is 98.7 Å². The van der Waals surface area contributed by atoms with Crippen molar-refractivity contribution in [3.05, 3.63) is 30.3 Å². The number of hydrogen-bond acceptors (Lipinski definition) is 6. The van der Waals surface area contributed by atoms with Crippen LogP contribution in [-0.2, 0) is 4.79 Å². The second-order valence-corrected chi connectivity index (χ2v) is 4.90. The number of benzene rings is 1. The summed E-state index contributed by atoms with van der Waals surface area (Å²) < 4.78 is 1.59. The molecule has 1 aromatic heterocycles. The third kappa shape index (κ3) is 3.09. The zero-order chi connectivity index (χ0) is 13.7. The first-order chi connectivity index (χ1) is 9.26. The summed E-state index contributed by atoms with van der Waals surface area (Å²) in [6.45, 7) is 1.91. The van der Waals surface area contributed by atoms with Crippen LogP contribution in [0.2, 0.25) is 0 Å². The van der Waals surface area contributed by atoms with Crippen molar-refractivity contribution in [2.45, 2.75) is 23.8 Å². The minimum Gasteiger partial charge on any atom is -0.293 e. The van der Waals surface area contributed by atoms with Crippen LogP contribution in [0.25, 0.3) is 5.69 Å². The summed E-state index contributed by atoms with van der Waals surface area (Å²) in [6.07, 6.45) is 0.634. The summed E-state index contributed by atoms with van der Waals surface area (Å²) >= 11 is 1.28. The Balaban J connectivity index is 2.23. The van der Waals surface area contributed by atoms with Gasteiger partial charge in [-0.25, -0.2) is 5.84 Å².